The third kappa shape index (κ3) is 4.10. The van der Waals surface area contributed by atoms with Gasteiger partial charge in [0, 0.05) is 5.69 Å². The average Bonchev–Trinajstić information content (AvgIpc) is 2.25. The monoisotopic (exact) mass is 240 g/mol. The zero-order chi connectivity index (χ0) is 12.8. The number of anilines is 1. The quantitative estimate of drug-likeness (QED) is 0.751. The molecule has 0 unspecified atom stereocenters. The Labute approximate surface area is 97.6 Å². The molecule has 0 spiro atoms. The summed E-state index contributed by atoms with van der Waals surface area (Å²) in [4.78, 5) is 22.1. The fraction of sp³-hybridized carbons (Fsp3) is 0.273. The van der Waals surface area contributed by atoms with Crippen LogP contribution in [0, 0.1) is 5.82 Å². The lowest BCUT2D eigenvalue weighted by molar-refractivity contribution is -0.139. The molecule has 0 aromatic heterocycles. The van der Waals surface area contributed by atoms with Crippen molar-refractivity contribution in [3.8, 4) is 0 Å². The van der Waals surface area contributed by atoms with Crippen LogP contribution in [0.5, 0.6) is 0 Å². The van der Waals surface area contributed by atoms with Crippen LogP contribution >= 0.6 is 0 Å². The van der Waals surface area contributed by atoms with E-state index in [0.29, 0.717) is 0 Å². The summed E-state index contributed by atoms with van der Waals surface area (Å²) in [5, 5.41) is 13.3. The van der Waals surface area contributed by atoms with Crippen LogP contribution in [0.1, 0.15) is 13.3 Å². The molecule has 0 bridgehead atoms. The van der Waals surface area contributed by atoms with Crippen LogP contribution in [0.25, 0.3) is 0 Å². The highest BCUT2D eigenvalue weighted by Crippen LogP contribution is 2.08. The van der Waals surface area contributed by atoms with Gasteiger partial charge in [0.05, 0.1) is 0 Å². The van der Waals surface area contributed by atoms with Crippen molar-refractivity contribution in [1.82, 2.24) is 5.32 Å². The molecule has 3 N–H and O–H groups in total. The van der Waals surface area contributed by atoms with Gasteiger partial charge in [-0.2, -0.15) is 0 Å². The summed E-state index contributed by atoms with van der Waals surface area (Å²) in [7, 11) is 0. The van der Waals surface area contributed by atoms with Gasteiger partial charge in [-0.05, 0) is 24.6 Å². The molecule has 0 aliphatic rings. The number of carbonyl (C=O) groups is 2. The van der Waals surface area contributed by atoms with E-state index in [1.54, 1.807) is 6.92 Å². The summed E-state index contributed by atoms with van der Waals surface area (Å²) in [5.41, 5.74) is 0.266. The fourth-order valence-corrected chi connectivity index (χ4v) is 1.23. The van der Waals surface area contributed by atoms with E-state index in [0.717, 1.165) is 6.07 Å². The largest absolute Gasteiger partial charge is 0.480 e. The van der Waals surface area contributed by atoms with Crippen LogP contribution in [0.3, 0.4) is 0 Å². The van der Waals surface area contributed by atoms with E-state index in [2.05, 4.69) is 10.6 Å². The maximum absolute atomic E-state index is 12.8. The highest BCUT2D eigenvalue weighted by atomic mass is 19.1. The summed E-state index contributed by atoms with van der Waals surface area (Å²) in [6, 6.07) is 3.70. The first kappa shape index (κ1) is 13.0. The molecule has 1 aromatic rings. The van der Waals surface area contributed by atoms with Gasteiger partial charge in [0.25, 0.3) is 0 Å². The van der Waals surface area contributed by atoms with Crippen LogP contribution in [0.4, 0.5) is 14.9 Å². The summed E-state index contributed by atoms with van der Waals surface area (Å²) < 4.78 is 12.8. The van der Waals surface area contributed by atoms with Crippen molar-refractivity contribution < 1.29 is 19.1 Å². The molecule has 0 saturated carbocycles. The second-order valence-corrected chi connectivity index (χ2v) is 3.41. The van der Waals surface area contributed by atoms with Gasteiger partial charge >= 0.3 is 12.0 Å². The molecule has 0 aliphatic carbocycles. The number of urea groups is 1. The SMILES string of the molecule is CC[C@@H](NC(=O)Nc1cccc(F)c1)C(=O)O. The van der Waals surface area contributed by atoms with Crippen LogP contribution in [0.15, 0.2) is 24.3 Å². The van der Waals surface area contributed by atoms with Crippen molar-refractivity contribution in [3.05, 3.63) is 30.1 Å². The third-order valence-corrected chi connectivity index (χ3v) is 2.09. The molecule has 5 nitrogen and oxygen atoms in total. The van der Waals surface area contributed by atoms with E-state index in [1.807, 2.05) is 0 Å². The summed E-state index contributed by atoms with van der Waals surface area (Å²) in [6.07, 6.45) is 0.270. The Morgan fingerprint density at radius 1 is 1.47 bits per heavy atom. The van der Waals surface area contributed by atoms with Gasteiger partial charge in [-0.25, -0.2) is 14.0 Å². The number of carboxylic acids is 1. The Morgan fingerprint density at radius 3 is 2.71 bits per heavy atom. The Morgan fingerprint density at radius 2 is 2.18 bits per heavy atom. The first-order valence-corrected chi connectivity index (χ1v) is 5.08. The van der Waals surface area contributed by atoms with E-state index >= 15 is 0 Å². The molecule has 1 aromatic carbocycles. The van der Waals surface area contributed by atoms with Crippen LogP contribution < -0.4 is 10.6 Å². The third-order valence-electron chi connectivity index (χ3n) is 2.09. The van der Waals surface area contributed by atoms with Crippen LogP contribution in [-0.2, 0) is 4.79 Å². The zero-order valence-corrected chi connectivity index (χ0v) is 9.24. The molecule has 1 atom stereocenters. The molecular weight excluding hydrogens is 227 g/mol. The van der Waals surface area contributed by atoms with Crippen molar-refractivity contribution in [3.63, 3.8) is 0 Å². The first-order valence-electron chi connectivity index (χ1n) is 5.08. The predicted octanol–water partition coefficient (Wildman–Crippen LogP) is 1.81. The Hall–Kier alpha value is -2.11. The van der Waals surface area contributed by atoms with Crippen molar-refractivity contribution in [2.45, 2.75) is 19.4 Å². The molecular formula is C11H13FN2O3. The standard InChI is InChI=1S/C11H13FN2O3/c1-2-9(10(15)16)14-11(17)13-8-5-3-4-7(12)6-8/h3-6,9H,2H2,1H3,(H,15,16)(H2,13,14,17)/t9-/m1/s1. The lowest BCUT2D eigenvalue weighted by Crippen LogP contribution is -2.42. The number of carbonyl (C=O) groups excluding carboxylic acids is 1. The molecule has 0 radical (unpaired) electrons. The smallest absolute Gasteiger partial charge is 0.326 e. The minimum Gasteiger partial charge on any atom is -0.480 e. The van der Waals surface area contributed by atoms with Gasteiger partial charge in [0.1, 0.15) is 11.9 Å². The van der Waals surface area contributed by atoms with Gasteiger partial charge in [0.15, 0.2) is 0 Å². The average molecular weight is 240 g/mol. The van der Waals surface area contributed by atoms with Crippen molar-refractivity contribution in [1.29, 1.82) is 0 Å². The Kier molecular flexibility index (Phi) is 4.45. The van der Waals surface area contributed by atoms with Gasteiger partial charge < -0.3 is 15.7 Å². The molecule has 0 heterocycles. The van der Waals surface area contributed by atoms with E-state index in [4.69, 9.17) is 5.11 Å². The number of carboxylic acid groups (broad SMARTS) is 1. The van der Waals surface area contributed by atoms with E-state index in [1.165, 1.54) is 18.2 Å². The first-order chi connectivity index (χ1) is 8.02. The summed E-state index contributed by atoms with van der Waals surface area (Å²) >= 11 is 0. The van der Waals surface area contributed by atoms with Gasteiger partial charge in [-0.15, -0.1) is 0 Å². The number of rotatable bonds is 4. The second kappa shape index (κ2) is 5.83. The minimum absolute atomic E-state index is 0.266. The lowest BCUT2D eigenvalue weighted by atomic mass is 10.2. The van der Waals surface area contributed by atoms with Crippen LogP contribution in [0.2, 0.25) is 0 Å². The highest BCUT2D eigenvalue weighted by Gasteiger charge is 2.17. The number of halogens is 1. The minimum atomic E-state index is -1.11. The van der Waals surface area contributed by atoms with E-state index < -0.39 is 23.9 Å². The fourth-order valence-electron chi connectivity index (χ4n) is 1.23. The topological polar surface area (TPSA) is 78.4 Å². The second-order valence-electron chi connectivity index (χ2n) is 3.41. The number of hydrogen-bond acceptors (Lipinski definition) is 2. The van der Waals surface area contributed by atoms with Crippen LogP contribution in [-0.4, -0.2) is 23.1 Å². The summed E-state index contributed by atoms with van der Waals surface area (Å²) in [5.74, 6) is -1.59. The summed E-state index contributed by atoms with van der Waals surface area (Å²) in [6.45, 7) is 1.64. The Balaban J connectivity index is 2.58. The predicted molar refractivity (Wildman–Crippen MR) is 60.3 cm³/mol. The Bertz CT molecular complexity index is 423. The number of aliphatic carboxylic acids is 1. The molecule has 0 fully saturated rings. The lowest BCUT2D eigenvalue weighted by Gasteiger charge is -2.13. The van der Waals surface area contributed by atoms with Gasteiger partial charge in [0.2, 0.25) is 0 Å². The van der Waals surface area contributed by atoms with Crippen molar-refractivity contribution in [2.24, 2.45) is 0 Å². The molecule has 92 valence electrons. The normalized spacial score (nSPS) is 11.6. The van der Waals surface area contributed by atoms with Gasteiger partial charge in [-0.1, -0.05) is 13.0 Å². The molecule has 0 aliphatic heterocycles. The van der Waals surface area contributed by atoms with Gasteiger partial charge in [-0.3, -0.25) is 0 Å². The van der Waals surface area contributed by atoms with E-state index in [9.17, 15) is 14.0 Å². The van der Waals surface area contributed by atoms with Crippen molar-refractivity contribution in [2.75, 3.05) is 5.32 Å². The molecule has 1 rings (SSSR count). The molecule has 0 saturated heterocycles. The van der Waals surface area contributed by atoms with Crippen molar-refractivity contribution >= 4 is 17.7 Å². The number of amides is 2. The highest BCUT2D eigenvalue weighted by molar-refractivity contribution is 5.92. The number of benzene rings is 1. The maximum Gasteiger partial charge on any atom is 0.326 e. The van der Waals surface area contributed by atoms with E-state index in [-0.39, 0.29) is 12.1 Å². The molecule has 17 heavy (non-hydrogen) atoms. The molecule has 6 heteroatoms. The number of hydrogen-bond donors (Lipinski definition) is 3. The molecule has 2 amide bonds. The maximum atomic E-state index is 12.8. The zero-order valence-electron chi connectivity index (χ0n) is 9.24. The number of nitrogens with one attached hydrogen (secondary N) is 2.